The lowest BCUT2D eigenvalue weighted by molar-refractivity contribution is 0.102. The van der Waals surface area contributed by atoms with E-state index in [1.165, 1.54) is 20.5 Å². The summed E-state index contributed by atoms with van der Waals surface area (Å²) in [6.45, 7) is 1.29. The number of sulfonamides is 1. The fraction of sp³-hybridized carbons (Fsp3) is 0.250. The number of nitrogens with one attached hydrogen (secondary N) is 1. The van der Waals surface area contributed by atoms with E-state index in [1.54, 1.807) is 36.4 Å². The predicted molar refractivity (Wildman–Crippen MR) is 165 cm³/mol. The first-order valence-electron chi connectivity index (χ1n) is 13.0. The molecule has 5 rings (SSSR count). The zero-order valence-corrected chi connectivity index (χ0v) is 26.2. The van der Waals surface area contributed by atoms with Crippen LogP contribution >= 0.6 is 34.7 Å². The monoisotopic (exact) mass is 665 g/mol. The summed E-state index contributed by atoms with van der Waals surface area (Å²) in [5.41, 5.74) is 1.36. The number of rotatable bonds is 10. The van der Waals surface area contributed by atoms with E-state index in [0.29, 0.717) is 33.3 Å². The molecule has 1 saturated heterocycles. The van der Waals surface area contributed by atoms with Crippen molar-refractivity contribution in [2.75, 3.05) is 41.8 Å². The molecule has 1 aliphatic rings. The Bertz CT molecular complexity index is 1750. The number of anilines is 3. The summed E-state index contributed by atoms with van der Waals surface area (Å²) < 4.78 is 58.9. The molecule has 1 aromatic heterocycles. The van der Waals surface area contributed by atoms with Crippen molar-refractivity contribution in [1.82, 2.24) is 9.36 Å². The van der Waals surface area contributed by atoms with Crippen molar-refractivity contribution in [2.45, 2.75) is 24.3 Å². The largest absolute Gasteiger partial charge is 0.497 e. The van der Waals surface area contributed by atoms with Gasteiger partial charge in [0.05, 0.1) is 42.7 Å². The van der Waals surface area contributed by atoms with Crippen LogP contribution in [0.25, 0.3) is 0 Å². The van der Waals surface area contributed by atoms with Crippen molar-refractivity contribution in [3.63, 3.8) is 0 Å². The second kappa shape index (κ2) is 12.9. The number of amides is 1. The van der Waals surface area contributed by atoms with Crippen LogP contribution in [0, 0.1) is 5.82 Å². The molecular weight excluding hydrogens is 640 g/mol. The van der Waals surface area contributed by atoms with Crippen LogP contribution in [-0.4, -0.2) is 51.0 Å². The number of benzene rings is 3. The number of carbonyl (C=O) groups is 1. The number of carbonyl (C=O) groups excluding carboxylic acids is 1. The van der Waals surface area contributed by atoms with Crippen molar-refractivity contribution in [3.8, 4) is 11.5 Å². The Hall–Kier alpha value is -3.65. The number of nitrogens with zero attached hydrogens (tertiary/aromatic N) is 4. The molecule has 2 heterocycles. The fourth-order valence-electron chi connectivity index (χ4n) is 4.72. The molecule has 0 unspecified atom stereocenters. The SMILES string of the molecule is COc1ccc(CN(c2ncns2)S(=O)(=O)c2cc(Cl)c(NC(=O)c3ccc(Cl)cc3N3CCCC3)cc2F)c(OC)c1. The van der Waals surface area contributed by atoms with Crippen LogP contribution in [0.3, 0.4) is 0 Å². The van der Waals surface area contributed by atoms with E-state index in [2.05, 4.69) is 19.6 Å². The van der Waals surface area contributed by atoms with Gasteiger partial charge in [0.2, 0.25) is 5.13 Å². The van der Waals surface area contributed by atoms with Crippen LogP contribution in [0.4, 0.5) is 20.9 Å². The molecule has 0 radical (unpaired) electrons. The topological polar surface area (TPSA) is 114 Å². The van der Waals surface area contributed by atoms with Gasteiger partial charge in [-0.3, -0.25) is 4.79 Å². The van der Waals surface area contributed by atoms with Crippen LogP contribution in [-0.2, 0) is 16.6 Å². The Balaban J connectivity index is 1.47. The molecule has 0 aliphatic carbocycles. The lowest BCUT2D eigenvalue weighted by Crippen LogP contribution is -2.31. The van der Waals surface area contributed by atoms with E-state index in [9.17, 15) is 13.2 Å². The number of halogens is 3. The molecule has 226 valence electrons. The van der Waals surface area contributed by atoms with Crippen molar-refractivity contribution in [3.05, 3.63) is 81.8 Å². The average molecular weight is 667 g/mol. The highest BCUT2D eigenvalue weighted by molar-refractivity contribution is 7.93. The van der Waals surface area contributed by atoms with Crippen molar-refractivity contribution in [2.24, 2.45) is 0 Å². The molecule has 43 heavy (non-hydrogen) atoms. The Kier molecular flexibility index (Phi) is 9.25. The summed E-state index contributed by atoms with van der Waals surface area (Å²) in [6.07, 6.45) is 3.17. The van der Waals surface area contributed by atoms with Gasteiger partial charge in [0.15, 0.2) is 0 Å². The highest BCUT2D eigenvalue weighted by Crippen LogP contribution is 2.36. The average Bonchev–Trinajstić information content (AvgIpc) is 3.72. The van der Waals surface area contributed by atoms with Gasteiger partial charge in [-0.05, 0) is 49.2 Å². The number of aromatic nitrogens is 2. The molecule has 15 heteroatoms. The van der Waals surface area contributed by atoms with Gasteiger partial charge in [-0.25, -0.2) is 22.1 Å². The Morgan fingerprint density at radius 2 is 1.86 bits per heavy atom. The van der Waals surface area contributed by atoms with Crippen LogP contribution in [0.1, 0.15) is 28.8 Å². The minimum absolute atomic E-state index is 0.00273. The van der Waals surface area contributed by atoms with Crippen LogP contribution in [0.15, 0.2) is 59.8 Å². The third-order valence-electron chi connectivity index (χ3n) is 6.86. The highest BCUT2D eigenvalue weighted by atomic mass is 35.5. The van der Waals surface area contributed by atoms with E-state index < -0.39 is 26.6 Å². The standard InChI is InChI=1S/C28H26Cl2FN5O5S2/c1-40-19-7-5-17(25(12-19)41-2)15-36(28-32-16-33-42-28)43(38,39)26-13-21(30)23(14-22(26)31)34-27(37)20-8-6-18(29)11-24(20)35-9-3-4-10-35/h5-8,11-14,16H,3-4,9-10,15H2,1-2H3,(H,34,37). The second-order valence-electron chi connectivity index (χ2n) is 9.49. The zero-order chi connectivity index (χ0) is 30.7. The maximum absolute atomic E-state index is 15.6. The molecule has 0 atom stereocenters. The summed E-state index contributed by atoms with van der Waals surface area (Å²) in [5.74, 6) is -0.798. The van der Waals surface area contributed by atoms with E-state index in [4.69, 9.17) is 32.7 Å². The quantitative estimate of drug-likeness (QED) is 0.211. The van der Waals surface area contributed by atoms with Crippen LogP contribution in [0.5, 0.6) is 11.5 Å². The summed E-state index contributed by atoms with van der Waals surface area (Å²) in [4.78, 5) is 18.7. The smallest absolute Gasteiger partial charge is 0.269 e. The van der Waals surface area contributed by atoms with Gasteiger partial charge in [0.25, 0.3) is 15.9 Å². The molecular formula is C28H26Cl2FN5O5S2. The Labute approximate surface area is 262 Å². The first kappa shape index (κ1) is 30.8. The first-order valence-corrected chi connectivity index (χ1v) is 15.9. The van der Waals surface area contributed by atoms with Crippen LogP contribution < -0.4 is 24.0 Å². The van der Waals surface area contributed by atoms with Crippen molar-refractivity contribution >= 4 is 67.2 Å². The lowest BCUT2D eigenvalue weighted by Gasteiger charge is -2.23. The normalized spacial score (nSPS) is 13.2. The Morgan fingerprint density at radius 1 is 1.09 bits per heavy atom. The number of methoxy groups -OCH3 is 2. The third-order valence-corrected chi connectivity index (χ3v) is 9.96. The van der Waals surface area contributed by atoms with Crippen molar-refractivity contribution < 1.29 is 27.1 Å². The first-order chi connectivity index (χ1) is 20.6. The minimum atomic E-state index is -4.58. The van der Waals surface area contributed by atoms with E-state index in [0.717, 1.165) is 53.9 Å². The maximum atomic E-state index is 15.6. The number of hydrogen-bond acceptors (Lipinski definition) is 9. The summed E-state index contributed by atoms with van der Waals surface area (Å²) in [5, 5.41) is 2.92. The molecule has 1 amide bonds. The maximum Gasteiger partial charge on any atom is 0.269 e. The lowest BCUT2D eigenvalue weighted by atomic mass is 10.1. The molecule has 0 bridgehead atoms. The van der Waals surface area contributed by atoms with Crippen molar-refractivity contribution in [1.29, 1.82) is 0 Å². The molecule has 0 saturated carbocycles. The fourth-order valence-corrected chi connectivity index (χ4v) is 7.36. The van der Waals surface area contributed by atoms with E-state index in [1.807, 2.05) is 0 Å². The van der Waals surface area contributed by atoms with Gasteiger partial charge >= 0.3 is 0 Å². The Morgan fingerprint density at radius 3 is 2.53 bits per heavy atom. The van der Waals surface area contributed by atoms with E-state index in [-0.39, 0.29) is 22.4 Å². The third kappa shape index (κ3) is 6.49. The van der Waals surface area contributed by atoms with Crippen LogP contribution in [0.2, 0.25) is 10.0 Å². The van der Waals surface area contributed by atoms with E-state index >= 15 is 4.39 Å². The number of hydrogen-bond donors (Lipinski definition) is 1. The molecule has 10 nitrogen and oxygen atoms in total. The van der Waals surface area contributed by atoms with Gasteiger partial charge < -0.3 is 19.7 Å². The summed E-state index contributed by atoms with van der Waals surface area (Å²) in [7, 11) is -1.64. The zero-order valence-electron chi connectivity index (χ0n) is 23.0. The second-order valence-corrected chi connectivity index (χ2v) is 12.9. The summed E-state index contributed by atoms with van der Waals surface area (Å²) in [6, 6.07) is 11.6. The highest BCUT2D eigenvalue weighted by Gasteiger charge is 2.32. The van der Waals surface area contributed by atoms with Gasteiger partial charge in [-0.2, -0.15) is 4.37 Å². The van der Waals surface area contributed by atoms with Gasteiger partial charge in [0.1, 0.15) is 28.5 Å². The molecule has 1 N–H and O–H groups in total. The molecule has 1 aliphatic heterocycles. The van der Waals surface area contributed by atoms with Gasteiger partial charge in [0, 0.05) is 47.3 Å². The predicted octanol–water partition coefficient (Wildman–Crippen LogP) is 6.25. The summed E-state index contributed by atoms with van der Waals surface area (Å²) >= 11 is 13.5. The molecule has 3 aromatic carbocycles. The minimum Gasteiger partial charge on any atom is -0.497 e. The van der Waals surface area contributed by atoms with Gasteiger partial charge in [-0.1, -0.05) is 23.2 Å². The molecule has 4 aromatic rings. The van der Waals surface area contributed by atoms with Gasteiger partial charge in [-0.15, -0.1) is 0 Å². The number of ether oxygens (including phenoxy) is 2. The molecule has 1 fully saturated rings. The molecule has 0 spiro atoms.